The summed E-state index contributed by atoms with van der Waals surface area (Å²) < 4.78 is 6.20. The van der Waals surface area contributed by atoms with Crippen molar-refractivity contribution in [2.45, 2.75) is 0 Å². The van der Waals surface area contributed by atoms with Crippen LogP contribution in [0.25, 0.3) is 0 Å². The molecule has 7 heteroatoms. The molecular formula is C19H13IN2O3S. The van der Waals surface area contributed by atoms with Gasteiger partial charge in [-0.3, -0.25) is 4.79 Å². The number of ether oxygens (including phenoxy) is 1. The fraction of sp³-hybridized carbons (Fsp3) is 0. The number of amides is 1. The predicted molar refractivity (Wildman–Crippen MR) is 110 cm³/mol. The lowest BCUT2D eigenvalue weighted by Crippen LogP contribution is -2.16. The lowest BCUT2D eigenvalue weighted by molar-refractivity contribution is 0.0733. The van der Waals surface area contributed by atoms with Crippen molar-refractivity contribution in [3.05, 3.63) is 85.6 Å². The molecule has 0 aliphatic rings. The zero-order valence-electron chi connectivity index (χ0n) is 13.4. The van der Waals surface area contributed by atoms with E-state index in [1.807, 2.05) is 17.5 Å². The van der Waals surface area contributed by atoms with Crippen LogP contribution < -0.4 is 10.2 Å². The van der Waals surface area contributed by atoms with Crippen molar-refractivity contribution in [2.24, 2.45) is 5.10 Å². The SMILES string of the molecule is O=C(N/N=C\c1ccc(OC(=O)c2ccccc2I)cc1)c1cccs1. The summed E-state index contributed by atoms with van der Waals surface area (Å²) in [5.41, 5.74) is 3.76. The van der Waals surface area contributed by atoms with Gasteiger partial charge in [0.1, 0.15) is 5.75 Å². The van der Waals surface area contributed by atoms with Crippen molar-refractivity contribution in [2.75, 3.05) is 0 Å². The Bertz CT molecular complexity index is 938. The first kappa shape index (κ1) is 18.3. The average Bonchev–Trinajstić information content (AvgIpc) is 3.18. The molecular weight excluding hydrogens is 463 g/mol. The van der Waals surface area contributed by atoms with Gasteiger partial charge in [0.15, 0.2) is 0 Å². The van der Waals surface area contributed by atoms with Crippen LogP contribution >= 0.6 is 33.9 Å². The number of rotatable bonds is 5. The third-order valence-electron chi connectivity index (χ3n) is 3.31. The molecule has 0 saturated heterocycles. The van der Waals surface area contributed by atoms with E-state index < -0.39 is 5.97 Å². The molecule has 0 spiro atoms. The number of halogens is 1. The van der Waals surface area contributed by atoms with Crippen LogP contribution in [0.4, 0.5) is 0 Å². The number of nitrogens with zero attached hydrogens (tertiary/aromatic N) is 1. The lowest BCUT2D eigenvalue weighted by Gasteiger charge is -2.06. The molecule has 0 fully saturated rings. The number of thiophene rings is 1. The van der Waals surface area contributed by atoms with Crippen molar-refractivity contribution in [3.8, 4) is 5.75 Å². The number of hydrogen-bond acceptors (Lipinski definition) is 5. The number of carbonyl (C=O) groups excluding carboxylic acids is 2. The minimum atomic E-state index is -0.403. The summed E-state index contributed by atoms with van der Waals surface area (Å²) in [5.74, 6) is -0.215. The van der Waals surface area contributed by atoms with Crippen LogP contribution in [-0.4, -0.2) is 18.1 Å². The van der Waals surface area contributed by atoms with Gasteiger partial charge in [-0.05, 0) is 76.0 Å². The molecule has 2 aromatic carbocycles. The number of esters is 1. The zero-order chi connectivity index (χ0) is 18.4. The van der Waals surface area contributed by atoms with Gasteiger partial charge in [0.2, 0.25) is 0 Å². The number of nitrogens with one attached hydrogen (secondary N) is 1. The summed E-state index contributed by atoms with van der Waals surface area (Å²) >= 11 is 3.44. The van der Waals surface area contributed by atoms with E-state index in [0.717, 1.165) is 9.13 Å². The van der Waals surface area contributed by atoms with Crippen LogP contribution in [0.5, 0.6) is 5.75 Å². The third kappa shape index (κ3) is 4.77. The minimum Gasteiger partial charge on any atom is -0.423 e. The first-order valence-corrected chi connectivity index (χ1v) is 9.53. The molecule has 0 unspecified atom stereocenters. The maximum atomic E-state index is 12.2. The normalized spacial score (nSPS) is 10.7. The standard InChI is InChI=1S/C19H13IN2O3S/c20-16-5-2-1-4-15(16)19(24)25-14-9-7-13(8-10-14)12-21-22-18(23)17-6-3-11-26-17/h1-12H,(H,22,23)/b21-12-. The molecule has 130 valence electrons. The van der Waals surface area contributed by atoms with Crippen molar-refractivity contribution in [1.82, 2.24) is 5.43 Å². The van der Waals surface area contributed by atoms with Crippen molar-refractivity contribution >= 4 is 52.0 Å². The molecule has 0 bridgehead atoms. The average molecular weight is 476 g/mol. The fourth-order valence-electron chi connectivity index (χ4n) is 2.04. The smallest absolute Gasteiger partial charge is 0.344 e. The Kier molecular flexibility index (Phi) is 6.13. The first-order valence-electron chi connectivity index (χ1n) is 7.57. The number of carbonyl (C=O) groups is 2. The number of benzene rings is 2. The third-order valence-corrected chi connectivity index (χ3v) is 5.12. The van der Waals surface area contributed by atoms with Gasteiger partial charge in [0.25, 0.3) is 5.91 Å². The van der Waals surface area contributed by atoms with Crippen LogP contribution in [-0.2, 0) is 0 Å². The van der Waals surface area contributed by atoms with E-state index >= 15 is 0 Å². The van der Waals surface area contributed by atoms with Crippen LogP contribution in [0.2, 0.25) is 0 Å². The van der Waals surface area contributed by atoms with Crippen molar-refractivity contribution < 1.29 is 14.3 Å². The quantitative estimate of drug-likeness (QED) is 0.196. The maximum absolute atomic E-state index is 12.2. The van der Waals surface area contributed by atoms with Crippen molar-refractivity contribution in [1.29, 1.82) is 0 Å². The molecule has 1 aromatic heterocycles. The largest absolute Gasteiger partial charge is 0.423 e. The monoisotopic (exact) mass is 476 g/mol. The van der Waals surface area contributed by atoms with Gasteiger partial charge in [0.05, 0.1) is 16.7 Å². The predicted octanol–water partition coefficient (Wildman–Crippen LogP) is 4.34. The molecule has 0 saturated carbocycles. The molecule has 3 aromatic rings. The van der Waals surface area contributed by atoms with E-state index in [0.29, 0.717) is 16.2 Å². The van der Waals surface area contributed by atoms with Gasteiger partial charge >= 0.3 is 5.97 Å². The summed E-state index contributed by atoms with van der Waals surface area (Å²) in [6.45, 7) is 0. The Morgan fingerprint density at radius 3 is 2.50 bits per heavy atom. The molecule has 3 rings (SSSR count). The fourth-order valence-corrected chi connectivity index (χ4v) is 3.26. The van der Waals surface area contributed by atoms with Gasteiger partial charge in [0, 0.05) is 3.57 Å². The van der Waals surface area contributed by atoms with Crippen molar-refractivity contribution in [3.63, 3.8) is 0 Å². The van der Waals surface area contributed by atoms with E-state index in [-0.39, 0.29) is 5.91 Å². The molecule has 0 radical (unpaired) electrons. The van der Waals surface area contributed by atoms with Crippen LogP contribution in [0, 0.1) is 3.57 Å². The first-order chi connectivity index (χ1) is 12.6. The molecule has 1 heterocycles. The molecule has 0 aliphatic carbocycles. The summed E-state index contributed by atoms with van der Waals surface area (Å²) in [7, 11) is 0. The Morgan fingerprint density at radius 2 is 1.81 bits per heavy atom. The molecule has 1 amide bonds. The highest BCUT2D eigenvalue weighted by Crippen LogP contribution is 2.17. The maximum Gasteiger partial charge on any atom is 0.344 e. The zero-order valence-corrected chi connectivity index (χ0v) is 16.4. The molecule has 0 atom stereocenters. The van der Waals surface area contributed by atoms with E-state index in [2.05, 4.69) is 33.1 Å². The summed E-state index contributed by atoms with van der Waals surface area (Å²) in [4.78, 5) is 24.5. The molecule has 5 nitrogen and oxygen atoms in total. The Labute approximate surface area is 167 Å². The second-order valence-corrected chi connectivity index (χ2v) is 7.22. The van der Waals surface area contributed by atoms with Crippen LogP contribution in [0.15, 0.2) is 71.1 Å². The van der Waals surface area contributed by atoms with E-state index in [9.17, 15) is 9.59 Å². The van der Waals surface area contributed by atoms with Crippen LogP contribution in [0.3, 0.4) is 0 Å². The molecule has 26 heavy (non-hydrogen) atoms. The van der Waals surface area contributed by atoms with Gasteiger partial charge in [-0.15, -0.1) is 11.3 Å². The topological polar surface area (TPSA) is 67.8 Å². The second-order valence-electron chi connectivity index (χ2n) is 5.11. The Morgan fingerprint density at radius 1 is 1.04 bits per heavy atom. The summed E-state index contributed by atoms with van der Waals surface area (Å²) in [6.07, 6.45) is 1.53. The second kappa shape index (κ2) is 8.72. The molecule has 1 N–H and O–H groups in total. The van der Waals surface area contributed by atoms with E-state index in [1.165, 1.54) is 17.6 Å². The van der Waals surface area contributed by atoms with Gasteiger partial charge in [-0.2, -0.15) is 5.10 Å². The highest BCUT2D eigenvalue weighted by atomic mass is 127. The van der Waals surface area contributed by atoms with Crippen LogP contribution in [0.1, 0.15) is 25.6 Å². The Hall–Kier alpha value is -2.52. The van der Waals surface area contributed by atoms with Gasteiger partial charge < -0.3 is 4.74 Å². The van der Waals surface area contributed by atoms with Gasteiger partial charge in [-0.1, -0.05) is 18.2 Å². The van der Waals surface area contributed by atoms with E-state index in [1.54, 1.807) is 48.5 Å². The Balaban J connectivity index is 1.58. The minimum absolute atomic E-state index is 0.251. The number of hydrazone groups is 1. The lowest BCUT2D eigenvalue weighted by atomic mass is 10.2. The molecule has 0 aliphatic heterocycles. The summed E-state index contributed by atoms with van der Waals surface area (Å²) in [6, 6.07) is 17.6. The number of hydrogen-bond donors (Lipinski definition) is 1. The highest BCUT2D eigenvalue weighted by Gasteiger charge is 2.11. The van der Waals surface area contributed by atoms with Gasteiger partial charge in [-0.25, -0.2) is 10.2 Å². The highest BCUT2D eigenvalue weighted by molar-refractivity contribution is 14.1. The van der Waals surface area contributed by atoms with E-state index in [4.69, 9.17) is 4.74 Å². The summed E-state index contributed by atoms with van der Waals surface area (Å²) in [5, 5.41) is 5.75.